The van der Waals surface area contributed by atoms with Crippen molar-refractivity contribution in [2.75, 3.05) is 32.7 Å². The minimum Gasteiger partial charge on any atom is -0.368 e. The number of hydrogen-bond acceptors (Lipinski definition) is 5. The molecule has 12 heteroatoms. The molecule has 0 N–H and O–H groups in total. The summed E-state index contributed by atoms with van der Waals surface area (Å²) in [6.07, 6.45) is -4.78. The number of carbonyl (C=O) groups excluding carboxylic acids is 1. The van der Waals surface area contributed by atoms with Gasteiger partial charge in [-0.1, -0.05) is 70.3 Å². The van der Waals surface area contributed by atoms with Gasteiger partial charge in [0.15, 0.2) is 0 Å². The molecule has 0 unspecified atom stereocenters. The predicted octanol–water partition coefficient (Wildman–Crippen LogP) is 8.34. The maximum Gasteiger partial charge on any atom is 0.416 e. The first-order valence-electron chi connectivity index (χ1n) is 13.5. The molecule has 1 atom stereocenters. The average molecular weight is 653 g/mol. The minimum absolute atomic E-state index is 0.129. The quantitative estimate of drug-likeness (QED) is 0.192. The van der Waals surface area contributed by atoms with Crippen LogP contribution in [0.3, 0.4) is 0 Å². The number of halogens is 6. The van der Waals surface area contributed by atoms with Crippen LogP contribution in [-0.4, -0.2) is 53.6 Å². The SMILES string of the molecule is Cc1onc(-c2c(Cl)cccc2Cl)c1C(=O)N1CCN(C[C@@H](OCc2ccc(C(F)(F)F)cc2)c2ccc(Cl)cc2)CC1. The summed E-state index contributed by atoms with van der Waals surface area (Å²) < 4.78 is 50.5. The first-order chi connectivity index (χ1) is 20.5. The molecule has 5 rings (SSSR count). The zero-order valence-corrected chi connectivity index (χ0v) is 25.3. The third-order valence-electron chi connectivity index (χ3n) is 7.33. The summed E-state index contributed by atoms with van der Waals surface area (Å²) in [5, 5.41) is 5.41. The second-order valence-corrected chi connectivity index (χ2v) is 11.4. The maximum absolute atomic E-state index is 13.6. The van der Waals surface area contributed by atoms with Crippen LogP contribution < -0.4 is 0 Å². The second-order valence-electron chi connectivity index (χ2n) is 10.2. The van der Waals surface area contributed by atoms with Gasteiger partial charge in [0.2, 0.25) is 0 Å². The Kier molecular flexibility index (Phi) is 9.68. The van der Waals surface area contributed by atoms with Crippen molar-refractivity contribution in [2.24, 2.45) is 0 Å². The maximum atomic E-state index is 13.6. The van der Waals surface area contributed by atoms with Crippen molar-refractivity contribution in [3.63, 3.8) is 0 Å². The highest BCUT2D eigenvalue weighted by molar-refractivity contribution is 6.39. The largest absolute Gasteiger partial charge is 0.416 e. The molecule has 1 aromatic heterocycles. The summed E-state index contributed by atoms with van der Waals surface area (Å²) in [5.74, 6) is 0.148. The van der Waals surface area contributed by atoms with Crippen LogP contribution in [0.1, 0.15) is 38.9 Å². The van der Waals surface area contributed by atoms with E-state index < -0.39 is 11.7 Å². The van der Waals surface area contributed by atoms with Crippen LogP contribution in [0.5, 0.6) is 0 Å². The first-order valence-corrected chi connectivity index (χ1v) is 14.6. The van der Waals surface area contributed by atoms with Crippen molar-refractivity contribution < 1.29 is 27.2 Å². The Morgan fingerprint density at radius 1 is 0.953 bits per heavy atom. The van der Waals surface area contributed by atoms with Gasteiger partial charge in [-0.25, -0.2) is 0 Å². The number of aryl methyl sites for hydroxylation is 1. The van der Waals surface area contributed by atoms with E-state index in [1.54, 1.807) is 42.2 Å². The molecule has 3 aromatic carbocycles. The van der Waals surface area contributed by atoms with E-state index in [2.05, 4.69) is 10.1 Å². The van der Waals surface area contributed by atoms with Gasteiger partial charge in [0.05, 0.1) is 28.3 Å². The lowest BCUT2D eigenvalue weighted by atomic mass is 10.0. The lowest BCUT2D eigenvalue weighted by Gasteiger charge is -2.36. The molecule has 0 radical (unpaired) electrons. The number of alkyl halides is 3. The fourth-order valence-electron chi connectivity index (χ4n) is 4.96. The Hall–Kier alpha value is -3.08. The Balaban J connectivity index is 1.26. The Morgan fingerprint density at radius 3 is 2.19 bits per heavy atom. The molecular formula is C31H27Cl3F3N3O3. The standard InChI is InChI=1S/C31H27Cl3F3N3O3/c1-19-27(29(38-43-19)28-24(33)3-2-4-25(28)34)30(41)40-15-13-39(14-16-40)17-26(21-7-11-23(32)12-8-21)42-18-20-5-9-22(10-6-20)31(35,36)37/h2-12,26H,13-18H2,1H3/t26-/m1/s1. The molecular weight excluding hydrogens is 626 g/mol. The molecule has 6 nitrogen and oxygen atoms in total. The Labute approximate surface area is 261 Å². The first kappa shape index (κ1) is 31.3. The van der Waals surface area contributed by atoms with Crippen LogP contribution in [-0.2, 0) is 17.5 Å². The Morgan fingerprint density at radius 2 is 1.58 bits per heavy atom. The van der Waals surface area contributed by atoms with Crippen molar-refractivity contribution in [1.82, 2.24) is 15.0 Å². The Bertz CT molecular complexity index is 1550. The van der Waals surface area contributed by atoms with Gasteiger partial charge in [-0.05, 0) is 54.4 Å². The molecule has 0 saturated carbocycles. The highest BCUT2D eigenvalue weighted by Gasteiger charge is 2.32. The van der Waals surface area contributed by atoms with Gasteiger partial charge in [0.25, 0.3) is 5.91 Å². The van der Waals surface area contributed by atoms with Crippen LogP contribution in [0.4, 0.5) is 13.2 Å². The number of piperazine rings is 1. The van der Waals surface area contributed by atoms with Crippen molar-refractivity contribution in [3.8, 4) is 11.3 Å². The number of ether oxygens (including phenoxy) is 1. The summed E-state index contributed by atoms with van der Waals surface area (Å²) in [4.78, 5) is 17.6. The van der Waals surface area contributed by atoms with Gasteiger partial charge in [-0.15, -0.1) is 0 Å². The molecule has 0 spiro atoms. The zero-order chi connectivity index (χ0) is 30.7. The van der Waals surface area contributed by atoms with Gasteiger partial charge < -0.3 is 14.2 Å². The molecule has 0 bridgehead atoms. The molecule has 1 aliphatic rings. The molecule has 226 valence electrons. The highest BCUT2D eigenvalue weighted by atomic mass is 35.5. The van der Waals surface area contributed by atoms with Crippen molar-refractivity contribution in [1.29, 1.82) is 0 Å². The van der Waals surface area contributed by atoms with Crippen molar-refractivity contribution >= 4 is 40.7 Å². The van der Waals surface area contributed by atoms with Crippen LogP contribution in [0.15, 0.2) is 71.3 Å². The zero-order valence-electron chi connectivity index (χ0n) is 23.0. The summed E-state index contributed by atoms with van der Waals surface area (Å²) in [6.45, 7) is 4.37. The number of benzene rings is 3. The summed E-state index contributed by atoms with van der Waals surface area (Å²) >= 11 is 18.9. The average Bonchev–Trinajstić information content (AvgIpc) is 3.36. The normalized spacial score (nSPS) is 15.1. The summed E-state index contributed by atoms with van der Waals surface area (Å²) in [7, 11) is 0. The number of carbonyl (C=O) groups is 1. The number of aromatic nitrogens is 1. The molecule has 1 saturated heterocycles. The molecule has 1 amide bonds. The fraction of sp³-hybridized carbons (Fsp3) is 0.290. The molecule has 2 heterocycles. The lowest BCUT2D eigenvalue weighted by Crippen LogP contribution is -2.49. The van der Waals surface area contributed by atoms with Crippen LogP contribution in [0, 0.1) is 6.92 Å². The fourth-order valence-corrected chi connectivity index (χ4v) is 5.67. The summed E-state index contributed by atoms with van der Waals surface area (Å²) in [5.41, 5.74) is 1.88. The number of nitrogens with zero attached hydrogens (tertiary/aromatic N) is 3. The van der Waals surface area contributed by atoms with E-state index in [1.165, 1.54) is 12.1 Å². The number of amides is 1. The highest BCUT2D eigenvalue weighted by Crippen LogP contribution is 2.37. The molecule has 4 aromatic rings. The van der Waals surface area contributed by atoms with E-state index >= 15 is 0 Å². The second kappa shape index (κ2) is 13.3. The van der Waals surface area contributed by atoms with Gasteiger partial charge in [0, 0.05) is 43.3 Å². The third kappa shape index (κ3) is 7.36. The van der Waals surface area contributed by atoms with Crippen molar-refractivity contribution in [3.05, 3.63) is 110 Å². The lowest BCUT2D eigenvalue weighted by molar-refractivity contribution is -0.137. The van der Waals surface area contributed by atoms with Crippen LogP contribution in [0.25, 0.3) is 11.3 Å². The van der Waals surface area contributed by atoms with E-state index in [0.29, 0.717) is 75.9 Å². The minimum atomic E-state index is -4.40. The smallest absolute Gasteiger partial charge is 0.368 e. The van der Waals surface area contributed by atoms with E-state index in [1.807, 2.05) is 12.1 Å². The van der Waals surface area contributed by atoms with E-state index in [4.69, 9.17) is 44.1 Å². The molecule has 0 aliphatic carbocycles. The van der Waals surface area contributed by atoms with Crippen LogP contribution >= 0.6 is 34.8 Å². The molecule has 43 heavy (non-hydrogen) atoms. The predicted molar refractivity (Wildman–Crippen MR) is 159 cm³/mol. The van der Waals surface area contributed by atoms with Gasteiger partial charge in [-0.2, -0.15) is 13.2 Å². The van der Waals surface area contributed by atoms with E-state index in [-0.39, 0.29) is 18.6 Å². The molecule has 1 fully saturated rings. The van der Waals surface area contributed by atoms with E-state index in [9.17, 15) is 18.0 Å². The van der Waals surface area contributed by atoms with Gasteiger partial charge in [0.1, 0.15) is 17.0 Å². The number of rotatable bonds is 8. The number of hydrogen-bond donors (Lipinski definition) is 0. The third-order valence-corrected chi connectivity index (χ3v) is 8.22. The van der Waals surface area contributed by atoms with Gasteiger partial charge in [-0.3, -0.25) is 9.69 Å². The molecule has 1 aliphatic heterocycles. The van der Waals surface area contributed by atoms with Gasteiger partial charge >= 0.3 is 6.18 Å². The monoisotopic (exact) mass is 651 g/mol. The van der Waals surface area contributed by atoms with Crippen molar-refractivity contribution in [2.45, 2.75) is 25.8 Å². The van der Waals surface area contributed by atoms with E-state index in [0.717, 1.165) is 17.7 Å². The van der Waals surface area contributed by atoms with Crippen LogP contribution in [0.2, 0.25) is 15.1 Å². The summed E-state index contributed by atoms with van der Waals surface area (Å²) in [6, 6.07) is 17.3. The topological polar surface area (TPSA) is 58.8 Å².